The van der Waals surface area contributed by atoms with E-state index in [1.165, 1.54) is 11.1 Å². The van der Waals surface area contributed by atoms with Crippen LogP contribution in [0, 0.1) is 6.92 Å². The van der Waals surface area contributed by atoms with Gasteiger partial charge in [0.15, 0.2) is 0 Å². The van der Waals surface area contributed by atoms with Gasteiger partial charge < -0.3 is 14.8 Å². The molecule has 6 heteroatoms. The zero-order valence-electron chi connectivity index (χ0n) is 18.6. The summed E-state index contributed by atoms with van der Waals surface area (Å²) in [6, 6.07) is 12.4. The normalized spacial score (nSPS) is 20.4. The standard InChI is InChI=1S/C25H28N4O2/c1-15-7-6-8-18(11-15)16(2)27-25-21-13-20(19-9-10-26-24(12-19)31-5)23(30-4)14-22(21)28-17(3)29-25/h6-13,16,22H,14H2,1-5H3,(H,27,28,29). The maximum Gasteiger partial charge on any atom is 0.213 e. The topological polar surface area (TPSA) is 68.1 Å². The summed E-state index contributed by atoms with van der Waals surface area (Å²) in [5.41, 5.74) is 5.48. The van der Waals surface area contributed by atoms with Crippen LogP contribution in [0.4, 0.5) is 0 Å². The average molecular weight is 417 g/mol. The lowest BCUT2D eigenvalue weighted by molar-refractivity contribution is 0.274. The molecule has 2 heterocycles. The molecule has 1 aromatic heterocycles. The Hall–Kier alpha value is -3.41. The van der Waals surface area contributed by atoms with E-state index >= 15 is 0 Å². The highest BCUT2D eigenvalue weighted by Gasteiger charge is 2.31. The van der Waals surface area contributed by atoms with Gasteiger partial charge in [0.25, 0.3) is 0 Å². The van der Waals surface area contributed by atoms with Gasteiger partial charge in [0.1, 0.15) is 11.6 Å². The summed E-state index contributed by atoms with van der Waals surface area (Å²) in [7, 11) is 3.33. The molecule has 0 saturated heterocycles. The predicted octanol–water partition coefficient (Wildman–Crippen LogP) is 4.64. The first kappa shape index (κ1) is 20.8. The fourth-order valence-electron chi connectivity index (χ4n) is 4.01. The summed E-state index contributed by atoms with van der Waals surface area (Å²) < 4.78 is 11.1. The van der Waals surface area contributed by atoms with Gasteiger partial charge in [-0.2, -0.15) is 0 Å². The Labute approximate surface area is 183 Å². The number of nitrogens with one attached hydrogen (secondary N) is 1. The van der Waals surface area contributed by atoms with E-state index in [4.69, 9.17) is 19.5 Å². The fraction of sp³-hybridized carbons (Fsp3) is 0.320. The Bertz CT molecular complexity index is 1110. The molecule has 1 aromatic carbocycles. The molecule has 1 aliphatic carbocycles. The van der Waals surface area contributed by atoms with Crippen molar-refractivity contribution in [2.24, 2.45) is 9.98 Å². The van der Waals surface area contributed by atoms with Crippen LogP contribution in [0.3, 0.4) is 0 Å². The lowest BCUT2D eigenvalue weighted by atomic mass is 9.88. The molecule has 1 aliphatic heterocycles. The van der Waals surface area contributed by atoms with E-state index in [2.05, 4.69) is 54.5 Å². The molecule has 4 rings (SSSR count). The van der Waals surface area contributed by atoms with Crippen molar-refractivity contribution in [3.63, 3.8) is 0 Å². The fourth-order valence-corrected chi connectivity index (χ4v) is 4.01. The van der Waals surface area contributed by atoms with Gasteiger partial charge in [-0.3, -0.25) is 9.98 Å². The molecule has 6 nitrogen and oxygen atoms in total. The second kappa shape index (κ2) is 8.76. The van der Waals surface area contributed by atoms with Gasteiger partial charge in [-0.15, -0.1) is 0 Å². The number of benzene rings is 1. The second-order valence-electron chi connectivity index (χ2n) is 7.85. The average Bonchev–Trinajstić information content (AvgIpc) is 2.78. The van der Waals surface area contributed by atoms with Gasteiger partial charge in [0.05, 0.1) is 32.1 Å². The third-order valence-electron chi connectivity index (χ3n) is 5.61. The van der Waals surface area contributed by atoms with Crippen molar-refractivity contribution < 1.29 is 9.47 Å². The molecular weight excluding hydrogens is 388 g/mol. The number of aryl methyl sites for hydroxylation is 1. The Morgan fingerprint density at radius 3 is 2.71 bits per heavy atom. The monoisotopic (exact) mass is 416 g/mol. The number of ether oxygens (including phenoxy) is 2. The van der Waals surface area contributed by atoms with Gasteiger partial charge in [-0.1, -0.05) is 29.8 Å². The van der Waals surface area contributed by atoms with E-state index in [0.29, 0.717) is 12.3 Å². The summed E-state index contributed by atoms with van der Waals surface area (Å²) >= 11 is 0. The minimum absolute atomic E-state index is 0.0205. The molecule has 31 heavy (non-hydrogen) atoms. The smallest absolute Gasteiger partial charge is 0.213 e. The molecule has 1 N–H and O–H groups in total. The first-order chi connectivity index (χ1) is 15.0. The SMILES string of the molecule is COC1=C(c2ccnc(OC)c2)C=C2C(=NC(C)c3cccc(C)c3)NC(C)=NC2C1. The number of fused-ring (bicyclic) bond motifs is 1. The largest absolute Gasteiger partial charge is 0.500 e. The number of hydrogen-bond acceptors (Lipinski definition) is 5. The van der Waals surface area contributed by atoms with Crippen LogP contribution in [-0.4, -0.2) is 36.9 Å². The first-order valence-electron chi connectivity index (χ1n) is 10.4. The number of rotatable bonds is 5. The Balaban J connectivity index is 1.77. The molecule has 160 valence electrons. The van der Waals surface area contributed by atoms with Crippen LogP contribution >= 0.6 is 0 Å². The van der Waals surface area contributed by atoms with Crippen molar-refractivity contribution in [2.75, 3.05) is 14.2 Å². The van der Waals surface area contributed by atoms with Gasteiger partial charge in [-0.25, -0.2) is 4.98 Å². The van der Waals surface area contributed by atoms with E-state index in [9.17, 15) is 0 Å². The highest BCUT2D eigenvalue weighted by Crippen LogP contribution is 2.35. The first-order valence-corrected chi connectivity index (χ1v) is 10.4. The maximum atomic E-state index is 5.76. The van der Waals surface area contributed by atoms with Gasteiger partial charge in [0.2, 0.25) is 5.88 Å². The third-order valence-corrected chi connectivity index (χ3v) is 5.61. The lowest BCUT2D eigenvalue weighted by Gasteiger charge is -2.31. The molecule has 0 saturated carbocycles. The number of amidine groups is 2. The quantitative estimate of drug-likeness (QED) is 0.771. The molecule has 0 amide bonds. The van der Waals surface area contributed by atoms with Crippen LogP contribution in [0.25, 0.3) is 5.57 Å². The number of methoxy groups -OCH3 is 2. The van der Waals surface area contributed by atoms with Crippen molar-refractivity contribution in [3.8, 4) is 5.88 Å². The molecule has 2 aromatic rings. The molecule has 2 unspecified atom stereocenters. The second-order valence-corrected chi connectivity index (χ2v) is 7.85. The highest BCUT2D eigenvalue weighted by molar-refractivity contribution is 6.13. The Kier molecular flexibility index (Phi) is 5.89. The lowest BCUT2D eigenvalue weighted by Crippen LogP contribution is -2.41. The van der Waals surface area contributed by atoms with Crippen LogP contribution in [-0.2, 0) is 4.74 Å². The Morgan fingerprint density at radius 2 is 1.97 bits per heavy atom. The van der Waals surface area contributed by atoms with Crippen LogP contribution in [0.1, 0.15) is 43.0 Å². The minimum atomic E-state index is -0.0212. The molecule has 2 aliphatic rings. The predicted molar refractivity (Wildman–Crippen MR) is 124 cm³/mol. The van der Waals surface area contributed by atoms with Crippen molar-refractivity contribution in [3.05, 3.63) is 76.7 Å². The summed E-state index contributed by atoms with van der Waals surface area (Å²) in [6.45, 7) is 6.20. The Morgan fingerprint density at radius 1 is 1.13 bits per heavy atom. The summed E-state index contributed by atoms with van der Waals surface area (Å²) in [4.78, 5) is 14.1. The van der Waals surface area contributed by atoms with Crippen molar-refractivity contribution in [1.82, 2.24) is 10.3 Å². The zero-order valence-corrected chi connectivity index (χ0v) is 18.6. The zero-order chi connectivity index (χ0) is 22.0. The van der Waals surface area contributed by atoms with Crippen LogP contribution < -0.4 is 10.1 Å². The van der Waals surface area contributed by atoms with E-state index in [0.717, 1.165) is 34.1 Å². The molecular formula is C25H28N4O2. The van der Waals surface area contributed by atoms with E-state index in [-0.39, 0.29) is 12.1 Å². The number of nitrogens with zero attached hydrogens (tertiary/aromatic N) is 3. The summed E-state index contributed by atoms with van der Waals surface area (Å²) in [6.07, 6.45) is 4.56. The number of allylic oxidation sites excluding steroid dienone is 2. The van der Waals surface area contributed by atoms with Crippen LogP contribution in [0.15, 0.2) is 70.0 Å². The minimum Gasteiger partial charge on any atom is -0.500 e. The molecule has 0 bridgehead atoms. The third kappa shape index (κ3) is 4.38. The molecule has 0 radical (unpaired) electrons. The van der Waals surface area contributed by atoms with Gasteiger partial charge >= 0.3 is 0 Å². The van der Waals surface area contributed by atoms with Crippen molar-refractivity contribution in [1.29, 1.82) is 0 Å². The van der Waals surface area contributed by atoms with Gasteiger partial charge in [-0.05, 0) is 44.0 Å². The van der Waals surface area contributed by atoms with Crippen LogP contribution in [0.2, 0.25) is 0 Å². The molecule has 0 spiro atoms. The van der Waals surface area contributed by atoms with Crippen molar-refractivity contribution in [2.45, 2.75) is 39.3 Å². The highest BCUT2D eigenvalue weighted by atomic mass is 16.5. The number of aromatic nitrogens is 1. The van der Waals surface area contributed by atoms with E-state index in [1.54, 1.807) is 20.4 Å². The molecule has 2 atom stereocenters. The van der Waals surface area contributed by atoms with Gasteiger partial charge in [0, 0.05) is 29.8 Å². The number of aliphatic imine (C=N–C) groups is 2. The van der Waals surface area contributed by atoms with Crippen LogP contribution in [0.5, 0.6) is 5.88 Å². The maximum absolute atomic E-state index is 5.76. The summed E-state index contributed by atoms with van der Waals surface area (Å²) in [5, 5.41) is 3.39. The van der Waals surface area contributed by atoms with E-state index in [1.807, 2.05) is 19.1 Å². The number of hydrogen-bond donors (Lipinski definition) is 1. The number of pyridine rings is 1. The van der Waals surface area contributed by atoms with E-state index < -0.39 is 0 Å². The summed E-state index contributed by atoms with van der Waals surface area (Å²) in [5.74, 6) is 3.19. The molecule has 0 fully saturated rings. The van der Waals surface area contributed by atoms with Crippen molar-refractivity contribution >= 4 is 17.2 Å².